The molecule has 144 valence electrons. The van der Waals surface area contributed by atoms with Crippen LogP contribution in [-0.4, -0.2) is 44.4 Å². The van der Waals surface area contributed by atoms with Crippen LogP contribution in [-0.2, 0) is 27.8 Å². The number of hydrogen-bond donors (Lipinski definition) is 2. The number of thioether (sulfide) groups is 1. The molecule has 9 nitrogen and oxygen atoms in total. The summed E-state index contributed by atoms with van der Waals surface area (Å²) in [6.07, 6.45) is 0.00557. The van der Waals surface area contributed by atoms with Crippen molar-refractivity contribution >= 4 is 29.5 Å². The maximum absolute atomic E-state index is 12.2. The Hall–Kier alpha value is -2.88. The Kier molecular flexibility index (Phi) is 7.35. The third kappa shape index (κ3) is 5.81. The van der Waals surface area contributed by atoms with Crippen molar-refractivity contribution in [2.75, 3.05) is 6.61 Å². The van der Waals surface area contributed by atoms with E-state index in [9.17, 15) is 14.4 Å². The number of amides is 2. The Balaban J connectivity index is 1.88. The quantitative estimate of drug-likeness (QED) is 0.409. The second kappa shape index (κ2) is 9.72. The van der Waals surface area contributed by atoms with Crippen LogP contribution in [0, 0.1) is 0 Å². The highest BCUT2D eigenvalue weighted by atomic mass is 32.2. The normalized spacial score (nSPS) is 11.5. The Bertz CT molecular complexity index is 809. The van der Waals surface area contributed by atoms with Crippen LogP contribution in [0.15, 0.2) is 35.5 Å². The van der Waals surface area contributed by atoms with Gasteiger partial charge in [0, 0.05) is 12.6 Å². The first kappa shape index (κ1) is 20.4. The van der Waals surface area contributed by atoms with Gasteiger partial charge in [0.15, 0.2) is 5.16 Å². The second-order valence-corrected chi connectivity index (χ2v) is 6.82. The predicted octanol–water partition coefficient (Wildman–Crippen LogP) is 0.862. The maximum atomic E-state index is 12.2. The molecule has 0 fully saturated rings. The summed E-state index contributed by atoms with van der Waals surface area (Å²) in [5.41, 5.74) is 5.19. The molecule has 0 saturated carbocycles. The monoisotopic (exact) mass is 391 g/mol. The molecule has 0 radical (unpaired) electrons. The highest BCUT2D eigenvalue weighted by molar-refractivity contribution is 8.00. The molecule has 0 aliphatic heterocycles. The van der Waals surface area contributed by atoms with Crippen molar-refractivity contribution in [2.24, 2.45) is 7.05 Å². The van der Waals surface area contributed by atoms with Gasteiger partial charge in [-0.1, -0.05) is 30.0 Å². The van der Waals surface area contributed by atoms with E-state index in [4.69, 9.17) is 4.74 Å². The molecule has 1 aromatic heterocycles. The fraction of sp³-hybridized carbons (Fsp3) is 0.353. The van der Waals surface area contributed by atoms with Crippen LogP contribution in [0.1, 0.15) is 30.0 Å². The minimum absolute atomic E-state index is 0.00557. The van der Waals surface area contributed by atoms with E-state index >= 15 is 0 Å². The van der Waals surface area contributed by atoms with Crippen LogP contribution in [0.2, 0.25) is 0 Å². The molecule has 27 heavy (non-hydrogen) atoms. The van der Waals surface area contributed by atoms with Gasteiger partial charge in [-0.2, -0.15) is 0 Å². The first-order valence-corrected chi connectivity index (χ1v) is 9.16. The summed E-state index contributed by atoms with van der Waals surface area (Å²) in [6.45, 7) is 3.70. The van der Waals surface area contributed by atoms with Crippen LogP contribution < -0.4 is 10.9 Å². The average molecular weight is 391 g/mol. The zero-order valence-electron chi connectivity index (χ0n) is 15.3. The topological polar surface area (TPSA) is 115 Å². The Morgan fingerprint density at radius 2 is 1.89 bits per heavy atom. The largest absolute Gasteiger partial charge is 0.466 e. The fourth-order valence-corrected chi connectivity index (χ4v) is 2.87. The lowest BCUT2D eigenvalue weighted by molar-refractivity contribution is -0.142. The molecule has 0 unspecified atom stereocenters. The SMILES string of the molecule is CCOC(=O)Cc1nnc(S[C@H](C)C(=O)NNC(=O)c2ccccc2)n1C. The lowest BCUT2D eigenvalue weighted by Crippen LogP contribution is -2.44. The lowest BCUT2D eigenvalue weighted by atomic mass is 10.2. The summed E-state index contributed by atoms with van der Waals surface area (Å²) < 4.78 is 6.52. The Morgan fingerprint density at radius 3 is 2.56 bits per heavy atom. The van der Waals surface area contributed by atoms with E-state index in [1.165, 1.54) is 0 Å². The zero-order valence-corrected chi connectivity index (χ0v) is 16.1. The first-order valence-electron chi connectivity index (χ1n) is 8.28. The number of hydrazine groups is 1. The molecule has 2 aromatic rings. The van der Waals surface area contributed by atoms with Gasteiger partial charge in [0.2, 0.25) is 0 Å². The van der Waals surface area contributed by atoms with Crippen LogP contribution in [0.5, 0.6) is 0 Å². The highest BCUT2D eigenvalue weighted by Crippen LogP contribution is 2.21. The zero-order chi connectivity index (χ0) is 19.8. The number of carbonyl (C=O) groups is 3. The summed E-state index contributed by atoms with van der Waals surface area (Å²) in [4.78, 5) is 35.7. The smallest absolute Gasteiger partial charge is 0.313 e. The number of ether oxygens (including phenoxy) is 1. The van der Waals surface area contributed by atoms with Crippen LogP contribution in [0.4, 0.5) is 0 Å². The van der Waals surface area contributed by atoms with Crippen molar-refractivity contribution in [1.29, 1.82) is 0 Å². The summed E-state index contributed by atoms with van der Waals surface area (Å²) in [5.74, 6) is -0.740. The average Bonchev–Trinajstić information content (AvgIpc) is 3.00. The van der Waals surface area contributed by atoms with Crippen molar-refractivity contribution in [3.05, 3.63) is 41.7 Å². The van der Waals surface area contributed by atoms with Crippen molar-refractivity contribution in [2.45, 2.75) is 30.7 Å². The molecule has 10 heteroatoms. The summed E-state index contributed by atoms with van der Waals surface area (Å²) in [6, 6.07) is 8.55. The van der Waals surface area contributed by atoms with Gasteiger partial charge in [0.25, 0.3) is 11.8 Å². The molecular weight excluding hydrogens is 370 g/mol. The van der Waals surface area contributed by atoms with Crippen molar-refractivity contribution in [3.63, 3.8) is 0 Å². The fourth-order valence-electron chi connectivity index (χ4n) is 2.04. The van der Waals surface area contributed by atoms with Gasteiger partial charge in [-0.25, -0.2) is 0 Å². The number of nitrogens with one attached hydrogen (secondary N) is 2. The number of carbonyl (C=O) groups excluding carboxylic acids is 3. The van der Waals surface area contributed by atoms with E-state index in [1.807, 2.05) is 0 Å². The van der Waals surface area contributed by atoms with E-state index in [1.54, 1.807) is 55.8 Å². The molecule has 0 bridgehead atoms. The Morgan fingerprint density at radius 1 is 1.19 bits per heavy atom. The van der Waals surface area contributed by atoms with Gasteiger partial charge in [-0.3, -0.25) is 25.2 Å². The lowest BCUT2D eigenvalue weighted by Gasteiger charge is -2.12. The number of aromatic nitrogens is 3. The van der Waals surface area contributed by atoms with E-state index in [2.05, 4.69) is 21.0 Å². The number of esters is 1. The molecule has 2 rings (SSSR count). The summed E-state index contributed by atoms with van der Waals surface area (Å²) in [7, 11) is 1.71. The number of benzene rings is 1. The van der Waals surface area contributed by atoms with Gasteiger partial charge in [-0.05, 0) is 26.0 Å². The molecule has 0 spiro atoms. The Labute approximate surface area is 160 Å². The van der Waals surface area contributed by atoms with E-state index in [0.717, 1.165) is 11.8 Å². The van der Waals surface area contributed by atoms with Crippen molar-refractivity contribution in [1.82, 2.24) is 25.6 Å². The van der Waals surface area contributed by atoms with Crippen LogP contribution in [0.3, 0.4) is 0 Å². The van der Waals surface area contributed by atoms with Gasteiger partial charge in [0.05, 0.1) is 11.9 Å². The molecule has 1 heterocycles. The van der Waals surface area contributed by atoms with Gasteiger partial charge in [0.1, 0.15) is 12.2 Å². The number of rotatable bonds is 7. The molecule has 0 saturated heterocycles. The third-order valence-electron chi connectivity index (χ3n) is 3.52. The molecule has 2 amide bonds. The molecule has 1 atom stereocenters. The van der Waals surface area contributed by atoms with Crippen LogP contribution >= 0.6 is 11.8 Å². The van der Waals surface area contributed by atoms with Gasteiger partial charge < -0.3 is 9.30 Å². The van der Waals surface area contributed by atoms with Crippen LogP contribution in [0.25, 0.3) is 0 Å². The summed E-state index contributed by atoms with van der Waals surface area (Å²) >= 11 is 1.16. The van der Waals surface area contributed by atoms with E-state index in [-0.39, 0.29) is 18.3 Å². The molecule has 2 N–H and O–H groups in total. The maximum Gasteiger partial charge on any atom is 0.313 e. The van der Waals surface area contributed by atoms with Crippen molar-refractivity contribution < 1.29 is 19.1 Å². The van der Waals surface area contributed by atoms with Gasteiger partial charge in [-0.15, -0.1) is 10.2 Å². The molecule has 0 aliphatic rings. The molecular formula is C17H21N5O4S. The standard InChI is InChI=1S/C17H21N5O4S/c1-4-26-14(23)10-13-18-21-17(22(13)3)27-11(2)15(24)19-20-16(25)12-8-6-5-7-9-12/h5-9,11H,4,10H2,1-3H3,(H,19,24)(H,20,25)/t11-/m1/s1. The van der Waals surface area contributed by atoms with Gasteiger partial charge >= 0.3 is 5.97 Å². The number of nitrogens with zero attached hydrogens (tertiary/aromatic N) is 3. The first-order chi connectivity index (χ1) is 12.9. The molecule has 1 aromatic carbocycles. The predicted molar refractivity (Wildman–Crippen MR) is 98.7 cm³/mol. The highest BCUT2D eigenvalue weighted by Gasteiger charge is 2.20. The minimum atomic E-state index is -0.542. The number of hydrogen-bond acceptors (Lipinski definition) is 7. The molecule has 0 aliphatic carbocycles. The van der Waals surface area contributed by atoms with Crippen molar-refractivity contribution in [3.8, 4) is 0 Å². The second-order valence-electron chi connectivity index (χ2n) is 5.51. The summed E-state index contributed by atoms with van der Waals surface area (Å²) in [5, 5.41) is 7.88. The van der Waals surface area contributed by atoms with E-state index in [0.29, 0.717) is 23.2 Å². The minimum Gasteiger partial charge on any atom is -0.466 e. The van der Waals surface area contributed by atoms with E-state index < -0.39 is 11.2 Å². The third-order valence-corrected chi connectivity index (χ3v) is 4.65.